The van der Waals surface area contributed by atoms with Crippen molar-refractivity contribution in [3.05, 3.63) is 21.3 Å². The van der Waals surface area contributed by atoms with E-state index in [4.69, 9.17) is 15.2 Å². The summed E-state index contributed by atoms with van der Waals surface area (Å²) in [5.41, 5.74) is 6.85. The van der Waals surface area contributed by atoms with Crippen molar-refractivity contribution in [2.75, 3.05) is 14.2 Å². The molecule has 0 saturated heterocycles. The lowest BCUT2D eigenvalue weighted by Crippen LogP contribution is -2.19. The topological polar surface area (TPSA) is 44.5 Å². The normalized spacial score (nSPS) is 12.3. The zero-order valence-corrected chi connectivity index (χ0v) is 11.4. The molecule has 1 atom stereocenters. The molecule has 0 fully saturated rings. The van der Waals surface area contributed by atoms with Crippen LogP contribution in [0.1, 0.15) is 12.5 Å². The summed E-state index contributed by atoms with van der Waals surface area (Å²) in [5.74, 6) is 1.71. The van der Waals surface area contributed by atoms with Crippen LogP contribution in [-0.4, -0.2) is 20.3 Å². The highest BCUT2D eigenvalue weighted by molar-refractivity contribution is 14.1. The molecule has 0 amide bonds. The van der Waals surface area contributed by atoms with Crippen LogP contribution in [0.25, 0.3) is 0 Å². The third-order valence-corrected chi connectivity index (χ3v) is 2.97. The minimum Gasteiger partial charge on any atom is -0.496 e. The summed E-state index contributed by atoms with van der Waals surface area (Å²) in [7, 11) is 3.33. The number of ether oxygens (including phenoxy) is 2. The number of halogens is 1. The summed E-state index contributed by atoms with van der Waals surface area (Å²) in [5, 5.41) is 0. The summed E-state index contributed by atoms with van der Waals surface area (Å²) in [4.78, 5) is 0. The van der Waals surface area contributed by atoms with E-state index in [1.165, 1.54) is 0 Å². The van der Waals surface area contributed by atoms with Gasteiger partial charge in [-0.2, -0.15) is 0 Å². The van der Waals surface area contributed by atoms with Gasteiger partial charge in [0, 0.05) is 11.6 Å². The van der Waals surface area contributed by atoms with Gasteiger partial charge in [-0.15, -0.1) is 0 Å². The molecule has 0 bridgehead atoms. The Hall–Kier alpha value is -0.490. The molecule has 0 aliphatic heterocycles. The Kier molecular flexibility index (Phi) is 4.66. The van der Waals surface area contributed by atoms with Gasteiger partial charge >= 0.3 is 0 Å². The maximum atomic E-state index is 5.81. The number of rotatable bonds is 4. The fourth-order valence-electron chi connectivity index (χ4n) is 1.51. The molecule has 15 heavy (non-hydrogen) atoms. The number of hydrogen-bond donors (Lipinski definition) is 1. The molecule has 0 aromatic heterocycles. The zero-order chi connectivity index (χ0) is 11.4. The lowest BCUT2D eigenvalue weighted by Gasteiger charge is -2.16. The third kappa shape index (κ3) is 2.98. The summed E-state index contributed by atoms with van der Waals surface area (Å²) in [6.45, 7) is 1.97. The molecule has 4 heteroatoms. The minimum atomic E-state index is 0.0889. The second-order valence-corrected chi connectivity index (χ2v) is 4.61. The molecular weight excluding hydrogens is 305 g/mol. The van der Waals surface area contributed by atoms with Crippen LogP contribution in [0, 0.1) is 3.57 Å². The van der Waals surface area contributed by atoms with Crippen molar-refractivity contribution in [3.8, 4) is 11.5 Å². The Morgan fingerprint density at radius 1 is 1.33 bits per heavy atom. The molecule has 1 aromatic carbocycles. The number of hydrogen-bond acceptors (Lipinski definition) is 3. The Balaban J connectivity index is 3.21. The van der Waals surface area contributed by atoms with E-state index in [1.807, 2.05) is 19.1 Å². The van der Waals surface area contributed by atoms with Crippen molar-refractivity contribution in [2.24, 2.45) is 5.73 Å². The molecule has 0 saturated carbocycles. The second-order valence-electron chi connectivity index (χ2n) is 3.44. The largest absolute Gasteiger partial charge is 0.496 e. The first-order valence-electron chi connectivity index (χ1n) is 4.75. The van der Waals surface area contributed by atoms with Crippen molar-refractivity contribution >= 4 is 22.6 Å². The Bertz CT molecular complexity index is 340. The molecule has 0 radical (unpaired) electrons. The molecule has 0 spiro atoms. The molecule has 2 N–H and O–H groups in total. The molecule has 1 rings (SSSR count). The predicted octanol–water partition coefficient (Wildman–Crippen LogP) is 2.20. The van der Waals surface area contributed by atoms with Crippen LogP contribution in [0.4, 0.5) is 0 Å². The summed E-state index contributed by atoms with van der Waals surface area (Å²) >= 11 is 2.24. The first-order chi connectivity index (χ1) is 7.10. The summed E-state index contributed by atoms with van der Waals surface area (Å²) < 4.78 is 11.8. The van der Waals surface area contributed by atoms with Gasteiger partial charge in [0.05, 0.1) is 17.8 Å². The maximum Gasteiger partial charge on any atom is 0.139 e. The molecule has 0 unspecified atom stereocenters. The van der Waals surface area contributed by atoms with E-state index in [1.54, 1.807) is 14.2 Å². The van der Waals surface area contributed by atoms with Crippen molar-refractivity contribution < 1.29 is 9.47 Å². The average molecular weight is 321 g/mol. The highest BCUT2D eigenvalue weighted by Crippen LogP contribution is 2.33. The first-order valence-corrected chi connectivity index (χ1v) is 5.83. The monoisotopic (exact) mass is 321 g/mol. The lowest BCUT2D eigenvalue weighted by atomic mass is 10.1. The van der Waals surface area contributed by atoms with Crippen LogP contribution in [0.5, 0.6) is 11.5 Å². The minimum absolute atomic E-state index is 0.0889. The average Bonchev–Trinajstić information content (AvgIpc) is 2.18. The van der Waals surface area contributed by atoms with E-state index in [0.29, 0.717) is 0 Å². The van der Waals surface area contributed by atoms with Gasteiger partial charge < -0.3 is 15.2 Å². The van der Waals surface area contributed by atoms with Crippen LogP contribution < -0.4 is 15.2 Å². The van der Waals surface area contributed by atoms with E-state index in [0.717, 1.165) is 27.1 Å². The van der Waals surface area contributed by atoms with Crippen molar-refractivity contribution in [1.82, 2.24) is 0 Å². The van der Waals surface area contributed by atoms with Gasteiger partial charge in [0.25, 0.3) is 0 Å². The fraction of sp³-hybridized carbons (Fsp3) is 0.455. The van der Waals surface area contributed by atoms with E-state index in [-0.39, 0.29) is 6.04 Å². The number of methoxy groups -OCH3 is 2. The van der Waals surface area contributed by atoms with E-state index in [2.05, 4.69) is 22.6 Å². The van der Waals surface area contributed by atoms with Crippen molar-refractivity contribution in [3.63, 3.8) is 0 Å². The van der Waals surface area contributed by atoms with Gasteiger partial charge in [-0.05, 0) is 48.1 Å². The highest BCUT2D eigenvalue weighted by Gasteiger charge is 2.14. The smallest absolute Gasteiger partial charge is 0.139 e. The lowest BCUT2D eigenvalue weighted by molar-refractivity contribution is 0.381. The molecule has 0 heterocycles. The van der Waals surface area contributed by atoms with E-state index in [9.17, 15) is 0 Å². The van der Waals surface area contributed by atoms with E-state index >= 15 is 0 Å². The third-order valence-electron chi connectivity index (χ3n) is 2.12. The van der Waals surface area contributed by atoms with Gasteiger partial charge in [0.2, 0.25) is 0 Å². The van der Waals surface area contributed by atoms with Crippen LogP contribution >= 0.6 is 22.6 Å². The summed E-state index contributed by atoms with van der Waals surface area (Å²) in [6.07, 6.45) is 0.753. The van der Waals surface area contributed by atoms with Gasteiger partial charge in [-0.25, -0.2) is 0 Å². The van der Waals surface area contributed by atoms with Crippen LogP contribution in [0.2, 0.25) is 0 Å². The molecule has 0 aliphatic carbocycles. The quantitative estimate of drug-likeness (QED) is 0.865. The van der Waals surface area contributed by atoms with Gasteiger partial charge in [-0.1, -0.05) is 0 Å². The highest BCUT2D eigenvalue weighted by atomic mass is 127. The summed E-state index contributed by atoms with van der Waals surface area (Å²) in [6, 6.07) is 4.01. The predicted molar refractivity (Wildman–Crippen MR) is 69.6 cm³/mol. The van der Waals surface area contributed by atoms with Gasteiger partial charge in [0.15, 0.2) is 0 Å². The fourth-order valence-corrected chi connectivity index (χ4v) is 2.23. The Labute approximate surface area is 104 Å². The molecule has 0 aliphatic rings. The SMILES string of the molecule is COc1ccc(I)c(OC)c1C[C@H](C)N. The number of nitrogens with two attached hydrogens (primary N) is 1. The van der Waals surface area contributed by atoms with Gasteiger partial charge in [-0.3, -0.25) is 0 Å². The first kappa shape index (κ1) is 12.6. The van der Waals surface area contributed by atoms with Crippen LogP contribution in [0.3, 0.4) is 0 Å². The van der Waals surface area contributed by atoms with Crippen LogP contribution in [0.15, 0.2) is 12.1 Å². The maximum absolute atomic E-state index is 5.81. The van der Waals surface area contributed by atoms with E-state index < -0.39 is 0 Å². The number of benzene rings is 1. The molecular formula is C11H16INO2. The molecule has 1 aromatic rings. The standard InChI is InChI=1S/C11H16INO2/c1-7(13)6-8-10(14-2)5-4-9(12)11(8)15-3/h4-5,7H,6,13H2,1-3H3/t7-/m0/s1. The zero-order valence-electron chi connectivity index (χ0n) is 9.21. The van der Waals surface area contributed by atoms with Gasteiger partial charge in [0.1, 0.15) is 11.5 Å². The Morgan fingerprint density at radius 2 is 2.00 bits per heavy atom. The van der Waals surface area contributed by atoms with Crippen LogP contribution in [-0.2, 0) is 6.42 Å². The molecule has 3 nitrogen and oxygen atoms in total. The Morgan fingerprint density at radius 3 is 2.47 bits per heavy atom. The van der Waals surface area contributed by atoms with Crippen molar-refractivity contribution in [1.29, 1.82) is 0 Å². The molecule has 84 valence electrons. The second kappa shape index (κ2) is 5.55. The van der Waals surface area contributed by atoms with Crippen molar-refractivity contribution in [2.45, 2.75) is 19.4 Å².